The monoisotopic (exact) mass is 529 g/mol. The number of unbranched alkanes of at least 4 members (excludes halogenated alkanes) is 9. The Bertz CT molecular complexity index is 661. The summed E-state index contributed by atoms with van der Waals surface area (Å²) in [5.41, 5.74) is 8.82. The third kappa shape index (κ3) is 13.6. The number of aliphatic hydroxyl groups is 1. The zero-order chi connectivity index (χ0) is 27.2. The predicted molar refractivity (Wildman–Crippen MR) is 133 cm³/mol. The van der Waals surface area contributed by atoms with E-state index in [9.17, 15) is 27.1 Å². The molecule has 0 rings (SSSR count). The van der Waals surface area contributed by atoms with Crippen LogP contribution in [-0.2, 0) is 4.43 Å². The Morgan fingerprint density at radius 2 is 1.40 bits per heavy atom. The first-order valence-corrected chi connectivity index (χ1v) is 15.4. The summed E-state index contributed by atoms with van der Waals surface area (Å²) in [7, 11) is -2.13. The van der Waals surface area contributed by atoms with Gasteiger partial charge in [-0.15, -0.1) is 0 Å². The van der Waals surface area contributed by atoms with Crippen LogP contribution in [0.4, 0.5) is 22.0 Å². The standard InChI is InChI=1S/C24H44F5N3O2Si/c1-22(2,3)35(4,5)34-21(20(19-33)31-32-30)17-15-13-11-9-7-6-8-10-12-14-16-18-23(25,26)24(27,28)29/h15,17,20-21,33H,6-14,16,18-19H2,1-5H3/b17-15+/t20-,21+/m0/s1. The number of nitrogens with zero attached hydrogens (tertiary/aromatic N) is 3. The van der Waals surface area contributed by atoms with Crippen LogP contribution in [0, 0.1) is 0 Å². The molecule has 1 N–H and O–H groups in total. The second-order valence-corrected chi connectivity index (χ2v) is 15.4. The van der Waals surface area contributed by atoms with Crippen LogP contribution >= 0.6 is 0 Å². The van der Waals surface area contributed by atoms with E-state index in [2.05, 4.69) is 43.9 Å². The molecule has 5 nitrogen and oxygen atoms in total. The lowest BCUT2D eigenvalue weighted by Crippen LogP contribution is -2.46. The molecule has 0 aliphatic heterocycles. The van der Waals surface area contributed by atoms with E-state index < -0.39 is 39.0 Å². The minimum absolute atomic E-state index is 0.0242. The molecule has 0 fully saturated rings. The van der Waals surface area contributed by atoms with E-state index in [4.69, 9.17) is 9.96 Å². The van der Waals surface area contributed by atoms with Crippen molar-refractivity contribution in [2.24, 2.45) is 5.11 Å². The van der Waals surface area contributed by atoms with Gasteiger partial charge in [0, 0.05) is 11.3 Å². The molecule has 0 aliphatic rings. The van der Waals surface area contributed by atoms with Crippen molar-refractivity contribution in [3.63, 3.8) is 0 Å². The second kappa shape index (κ2) is 15.8. The number of alkyl halides is 5. The quantitative estimate of drug-likeness (QED) is 0.0365. The molecule has 0 radical (unpaired) electrons. The summed E-state index contributed by atoms with van der Waals surface area (Å²) in [5.74, 6) is -4.58. The summed E-state index contributed by atoms with van der Waals surface area (Å²) in [6.07, 6.45) is 4.42. The maximum atomic E-state index is 12.8. The third-order valence-corrected chi connectivity index (χ3v) is 11.1. The summed E-state index contributed by atoms with van der Waals surface area (Å²) in [6.45, 7) is 10.3. The van der Waals surface area contributed by atoms with E-state index in [0.29, 0.717) is 12.8 Å². The molecule has 0 aliphatic carbocycles. The lowest BCUT2D eigenvalue weighted by molar-refractivity contribution is -0.284. The number of halogens is 5. The fourth-order valence-electron chi connectivity index (χ4n) is 3.25. The maximum Gasteiger partial charge on any atom is 0.453 e. The topological polar surface area (TPSA) is 78.2 Å². The molecule has 0 heterocycles. The Balaban J connectivity index is 4.21. The first-order valence-electron chi connectivity index (χ1n) is 12.5. The molecule has 0 saturated heterocycles. The highest BCUT2D eigenvalue weighted by Gasteiger charge is 2.56. The predicted octanol–water partition coefficient (Wildman–Crippen LogP) is 9.09. The fraction of sp³-hybridized carbons (Fsp3) is 0.917. The highest BCUT2D eigenvalue weighted by molar-refractivity contribution is 6.74. The lowest BCUT2D eigenvalue weighted by atomic mass is 10.0. The van der Waals surface area contributed by atoms with Gasteiger partial charge in [-0.1, -0.05) is 83.0 Å². The van der Waals surface area contributed by atoms with Gasteiger partial charge in [-0.05, 0) is 42.9 Å². The van der Waals surface area contributed by atoms with Crippen molar-refractivity contribution in [1.82, 2.24) is 0 Å². The molecule has 2 atom stereocenters. The number of hydrogen-bond acceptors (Lipinski definition) is 3. The highest BCUT2D eigenvalue weighted by Crippen LogP contribution is 2.39. The van der Waals surface area contributed by atoms with Crippen LogP contribution in [0.25, 0.3) is 10.4 Å². The summed E-state index contributed by atoms with van der Waals surface area (Å²) >= 11 is 0. The first kappa shape index (κ1) is 33.8. The maximum absolute atomic E-state index is 12.8. The Labute approximate surface area is 208 Å². The molecule has 206 valence electrons. The summed E-state index contributed by atoms with van der Waals surface area (Å²) in [6, 6.07) is -0.676. The van der Waals surface area contributed by atoms with E-state index in [-0.39, 0.29) is 18.1 Å². The van der Waals surface area contributed by atoms with E-state index >= 15 is 0 Å². The van der Waals surface area contributed by atoms with Crippen molar-refractivity contribution in [3.8, 4) is 0 Å². The summed E-state index contributed by atoms with van der Waals surface area (Å²) in [5, 5.41) is 13.3. The molecular weight excluding hydrogens is 485 g/mol. The number of hydrogen-bond donors (Lipinski definition) is 1. The van der Waals surface area contributed by atoms with Gasteiger partial charge in [-0.25, -0.2) is 0 Å². The van der Waals surface area contributed by atoms with Crippen molar-refractivity contribution in [2.75, 3.05) is 6.61 Å². The van der Waals surface area contributed by atoms with Crippen LogP contribution in [0.2, 0.25) is 18.1 Å². The van der Waals surface area contributed by atoms with Crippen LogP contribution < -0.4 is 0 Å². The van der Waals surface area contributed by atoms with Crippen LogP contribution in [0.1, 0.15) is 91.4 Å². The number of aliphatic hydroxyl groups excluding tert-OH is 1. The molecule has 0 unspecified atom stereocenters. The van der Waals surface area contributed by atoms with Gasteiger partial charge in [-0.3, -0.25) is 0 Å². The Morgan fingerprint density at radius 3 is 1.83 bits per heavy atom. The molecule has 0 aromatic rings. The zero-order valence-electron chi connectivity index (χ0n) is 21.9. The van der Waals surface area contributed by atoms with Gasteiger partial charge in [0.2, 0.25) is 0 Å². The molecule has 0 saturated carbocycles. The van der Waals surface area contributed by atoms with Gasteiger partial charge in [0.05, 0.1) is 18.8 Å². The van der Waals surface area contributed by atoms with Gasteiger partial charge >= 0.3 is 12.1 Å². The van der Waals surface area contributed by atoms with Crippen LogP contribution in [-0.4, -0.2) is 44.3 Å². The SMILES string of the molecule is CC(C)(C)[Si](C)(C)O[C@H](/C=C/CCCCCCCCCCCC(F)(F)C(F)(F)F)[C@H](CO)N=[N+]=[N-]. The fourth-order valence-corrected chi connectivity index (χ4v) is 4.52. The van der Waals surface area contributed by atoms with Crippen LogP contribution in [0.15, 0.2) is 17.3 Å². The minimum atomic E-state index is -5.45. The second-order valence-electron chi connectivity index (χ2n) is 10.6. The molecule has 35 heavy (non-hydrogen) atoms. The Kier molecular flexibility index (Phi) is 15.3. The molecule has 0 spiro atoms. The Hall–Kier alpha value is -1.16. The number of allylic oxidation sites excluding steroid dienone is 1. The molecule has 0 bridgehead atoms. The van der Waals surface area contributed by atoms with E-state index in [1.54, 1.807) is 0 Å². The highest BCUT2D eigenvalue weighted by atomic mass is 28.4. The third-order valence-electron chi connectivity index (χ3n) is 6.61. The largest absolute Gasteiger partial charge is 0.453 e. The van der Waals surface area contributed by atoms with Gasteiger partial charge < -0.3 is 9.53 Å². The first-order chi connectivity index (χ1) is 16.1. The van der Waals surface area contributed by atoms with Crippen molar-refractivity contribution >= 4 is 8.32 Å². The smallest absolute Gasteiger partial charge is 0.410 e. The molecule has 0 aromatic carbocycles. The molecule has 11 heteroatoms. The molecule has 0 aromatic heterocycles. The van der Waals surface area contributed by atoms with Gasteiger partial charge in [0.25, 0.3) is 0 Å². The Morgan fingerprint density at radius 1 is 0.914 bits per heavy atom. The zero-order valence-corrected chi connectivity index (χ0v) is 22.9. The van der Waals surface area contributed by atoms with E-state index in [1.165, 1.54) is 0 Å². The molecule has 0 amide bonds. The van der Waals surface area contributed by atoms with Crippen LogP contribution in [0.3, 0.4) is 0 Å². The van der Waals surface area contributed by atoms with Gasteiger partial charge in [0.1, 0.15) is 0 Å². The van der Waals surface area contributed by atoms with Crippen molar-refractivity contribution in [3.05, 3.63) is 22.6 Å². The van der Waals surface area contributed by atoms with Crippen molar-refractivity contribution < 1.29 is 31.5 Å². The minimum Gasteiger partial charge on any atom is -0.410 e. The lowest BCUT2D eigenvalue weighted by Gasteiger charge is -2.39. The van der Waals surface area contributed by atoms with E-state index in [1.807, 2.05) is 12.2 Å². The normalized spacial score (nSPS) is 15.3. The average molecular weight is 530 g/mol. The van der Waals surface area contributed by atoms with Crippen molar-refractivity contribution in [2.45, 2.75) is 134 Å². The van der Waals surface area contributed by atoms with Crippen molar-refractivity contribution in [1.29, 1.82) is 0 Å². The van der Waals surface area contributed by atoms with E-state index in [0.717, 1.165) is 44.9 Å². The molecular formula is C24H44F5N3O2Si. The number of rotatable bonds is 18. The summed E-state index contributed by atoms with van der Waals surface area (Å²) < 4.78 is 68.3. The van der Waals surface area contributed by atoms with Gasteiger partial charge in [0.15, 0.2) is 8.32 Å². The van der Waals surface area contributed by atoms with Crippen LogP contribution in [0.5, 0.6) is 0 Å². The summed E-state index contributed by atoms with van der Waals surface area (Å²) in [4.78, 5) is 2.84. The number of azide groups is 1. The van der Waals surface area contributed by atoms with Gasteiger partial charge in [-0.2, -0.15) is 22.0 Å². The average Bonchev–Trinajstić information content (AvgIpc) is 2.72.